The number of rotatable bonds is 9. The van der Waals surface area contributed by atoms with E-state index in [1.165, 1.54) is 0 Å². The summed E-state index contributed by atoms with van der Waals surface area (Å²) in [5.41, 5.74) is 0.801. The van der Waals surface area contributed by atoms with Crippen molar-refractivity contribution in [3.8, 4) is 5.75 Å². The molecule has 1 aromatic carbocycles. The molecule has 0 saturated heterocycles. The number of hydrogen-bond acceptors (Lipinski definition) is 4. The van der Waals surface area contributed by atoms with Gasteiger partial charge in [-0.1, -0.05) is 25.5 Å². The third-order valence-electron chi connectivity index (χ3n) is 2.84. The fraction of sp³-hybridized carbons (Fsp3) is 0.529. The molecule has 0 aliphatic heterocycles. The average Bonchev–Trinajstić information content (AvgIpc) is 2.45. The summed E-state index contributed by atoms with van der Waals surface area (Å²) in [7, 11) is 0. The van der Waals surface area contributed by atoms with Gasteiger partial charge < -0.3 is 14.8 Å². The molecule has 22 heavy (non-hydrogen) atoms. The number of amides is 1. The van der Waals surface area contributed by atoms with Crippen LogP contribution in [0.5, 0.6) is 5.75 Å². The van der Waals surface area contributed by atoms with Gasteiger partial charge in [0.2, 0.25) is 0 Å². The Balaban J connectivity index is 2.37. The van der Waals surface area contributed by atoms with Crippen LogP contribution in [0.4, 0.5) is 0 Å². The van der Waals surface area contributed by atoms with Gasteiger partial charge in [0.15, 0.2) is 6.61 Å². The zero-order valence-corrected chi connectivity index (χ0v) is 13.6. The maximum Gasteiger partial charge on any atom is 0.310 e. The van der Waals surface area contributed by atoms with Crippen LogP contribution in [0.2, 0.25) is 0 Å². The zero-order valence-electron chi connectivity index (χ0n) is 13.6. The quantitative estimate of drug-likeness (QED) is 0.562. The molecule has 1 rings (SSSR count). The first-order valence-electron chi connectivity index (χ1n) is 7.69. The first-order valence-corrected chi connectivity index (χ1v) is 7.69. The fourth-order valence-corrected chi connectivity index (χ4v) is 1.82. The smallest absolute Gasteiger partial charge is 0.310 e. The second-order valence-corrected chi connectivity index (χ2v) is 5.35. The third-order valence-corrected chi connectivity index (χ3v) is 2.84. The van der Waals surface area contributed by atoms with Crippen LogP contribution in [-0.4, -0.2) is 31.1 Å². The Kier molecular flexibility index (Phi) is 8.04. The Labute approximate surface area is 132 Å². The molecule has 1 aromatic rings. The molecule has 5 heteroatoms. The van der Waals surface area contributed by atoms with E-state index in [1.54, 1.807) is 0 Å². The molecule has 0 heterocycles. The van der Waals surface area contributed by atoms with Gasteiger partial charge in [-0.15, -0.1) is 0 Å². The molecule has 0 fully saturated rings. The van der Waals surface area contributed by atoms with Gasteiger partial charge in [0.25, 0.3) is 5.91 Å². The molecule has 1 N–H and O–H groups in total. The molecular weight excluding hydrogens is 282 g/mol. The average molecular weight is 307 g/mol. The summed E-state index contributed by atoms with van der Waals surface area (Å²) in [6.45, 7) is 6.31. The molecule has 0 radical (unpaired) electrons. The minimum atomic E-state index is -0.424. The number of nitrogens with one attached hydrogen (secondary N) is 1. The van der Waals surface area contributed by atoms with Gasteiger partial charge in [0, 0.05) is 6.54 Å². The molecular formula is C17H25NO4. The van der Waals surface area contributed by atoms with E-state index in [2.05, 4.69) is 5.32 Å². The Hall–Kier alpha value is -2.04. The van der Waals surface area contributed by atoms with Crippen molar-refractivity contribution in [3.63, 3.8) is 0 Å². The highest BCUT2D eigenvalue weighted by molar-refractivity contribution is 5.81. The predicted molar refractivity (Wildman–Crippen MR) is 84.8 cm³/mol. The molecule has 122 valence electrons. The lowest BCUT2D eigenvalue weighted by Gasteiger charge is -2.11. The molecule has 0 spiro atoms. The van der Waals surface area contributed by atoms with E-state index in [9.17, 15) is 9.59 Å². The van der Waals surface area contributed by atoms with E-state index in [0.29, 0.717) is 6.54 Å². The lowest BCUT2D eigenvalue weighted by atomic mass is 10.1. The normalized spacial score (nSPS) is 10.4. The minimum Gasteiger partial charge on any atom is -0.491 e. The van der Waals surface area contributed by atoms with Crippen LogP contribution in [0, 0.1) is 0 Å². The van der Waals surface area contributed by atoms with Crippen LogP contribution in [0.1, 0.15) is 39.2 Å². The van der Waals surface area contributed by atoms with Crippen molar-refractivity contribution in [1.82, 2.24) is 5.32 Å². The van der Waals surface area contributed by atoms with Crippen molar-refractivity contribution in [2.24, 2.45) is 0 Å². The number of benzene rings is 1. The van der Waals surface area contributed by atoms with Gasteiger partial charge >= 0.3 is 5.97 Å². The van der Waals surface area contributed by atoms with E-state index < -0.39 is 5.97 Å². The van der Waals surface area contributed by atoms with Crippen molar-refractivity contribution in [2.45, 2.75) is 46.1 Å². The van der Waals surface area contributed by atoms with Crippen LogP contribution in [0.25, 0.3) is 0 Å². The molecule has 0 atom stereocenters. The van der Waals surface area contributed by atoms with Crippen LogP contribution in [-0.2, 0) is 20.7 Å². The largest absolute Gasteiger partial charge is 0.491 e. The Morgan fingerprint density at radius 1 is 1.27 bits per heavy atom. The molecule has 0 aliphatic carbocycles. The monoisotopic (exact) mass is 307 g/mol. The third kappa shape index (κ3) is 7.67. The number of unbranched alkanes of at least 4 members (excludes halogenated alkanes) is 1. The number of ether oxygens (including phenoxy) is 2. The first kappa shape index (κ1) is 18.0. The lowest BCUT2D eigenvalue weighted by molar-refractivity contribution is -0.147. The molecule has 0 saturated carbocycles. The summed E-state index contributed by atoms with van der Waals surface area (Å²) in [5, 5.41) is 2.70. The Morgan fingerprint density at radius 3 is 2.73 bits per heavy atom. The van der Waals surface area contributed by atoms with Crippen LogP contribution >= 0.6 is 0 Å². The molecule has 0 aromatic heterocycles. The highest BCUT2D eigenvalue weighted by atomic mass is 16.5. The number of carbonyl (C=O) groups excluding carboxylic acids is 2. The second kappa shape index (κ2) is 9.82. The molecule has 0 bridgehead atoms. The second-order valence-electron chi connectivity index (χ2n) is 5.35. The van der Waals surface area contributed by atoms with E-state index in [-0.39, 0.29) is 25.0 Å². The lowest BCUT2D eigenvalue weighted by Crippen LogP contribution is -2.29. The van der Waals surface area contributed by atoms with Crippen molar-refractivity contribution >= 4 is 11.9 Å². The van der Waals surface area contributed by atoms with Gasteiger partial charge in [-0.2, -0.15) is 0 Å². The van der Waals surface area contributed by atoms with Crippen LogP contribution in [0.3, 0.4) is 0 Å². The van der Waals surface area contributed by atoms with E-state index in [0.717, 1.165) is 24.2 Å². The van der Waals surface area contributed by atoms with Crippen molar-refractivity contribution in [2.75, 3.05) is 13.2 Å². The van der Waals surface area contributed by atoms with Crippen LogP contribution < -0.4 is 10.1 Å². The zero-order chi connectivity index (χ0) is 16.4. The minimum absolute atomic E-state index is 0.0778. The van der Waals surface area contributed by atoms with Gasteiger partial charge in [-0.25, -0.2) is 0 Å². The predicted octanol–water partition coefficient (Wildman–Crippen LogP) is 2.48. The molecule has 1 amide bonds. The first-order chi connectivity index (χ1) is 10.5. The van der Waals surface area contributed by atoms with Crippen LogP contribution in [0.15, 0.2) is 24.3 Å². The van der Waals surface area contributed by atoms with E-state index in [1.807, 2.05) is 45.0 Å². The van der Waals surface area contributed by atoms with Gasteiger partial charge in [-0.05, 0) is 38.0 Å². The Morgan fingerprint density at radius 2 is 2.05 bits per heavy atom. The summed E-state index contributed by atoms with van der Waals surface area (Å²) in [5.74, 6) is 0.0311. The number of esters is 1. The molecule has 0 aliphatic rings. The maximum absolute atomic E-state index is 11.7. The SMILES string of the molecule is CCCCNC(=O)COC(=O)Cc1cccc(OC(C)C)c1. The van der Waals surface area contributed by atoms with Gasteiger partial charge in [0.05, 0.1) is 12.5 Å². The number of carbonyl (C=O) groups is 2. The fourth-order valence-electron chi connectivity index (χ4n) is 1.82. The van der Waals surface area contributed by atoms with Crippen molar-refractivity contribution in [1.29, 1.82) is 0 Å². The topological polar surface area (TPSA) is 64.6 Å². The highest BCUT2D eigenvalue weighted by Gasteiger charge is 2.09. The number of hydrogen-bond donors (Lipinski definition) is 1. The van der Waals surface area contributed by atoms with Gasteiger partial charge in [-0.3, -0.25) is 9.59 Å². The van der Waals surface area contributed by atoms with E-state index >= 15 is 0 Å². The summed E-state index contributed by atoms with van der Waals surface area (Å²) < 4.78 is 10.5. The highest BCUT2D eigenvalue weighted by Crippen LogP contribution is 2.15. The summed E-state index contributed by atoms with van der Waals surface area (Å²) >= 11 is 0. The Bertz CT molecular complexity index is 485. The van der Waals surface area contributed by atoms with E-state index in [4.69, 9.17) is 9.47 Å². The van der Waals surface area contributed by atoms with Crippen molar-refractivity contribution < 1.29 is 19.1 Å². The summed E-state index contributed by atoms with van der Waals surface area (Å²) in [6, 6.07) is 7.31. The van der Waals surface area contributed by atoms with Crippen molar-refractivity contribution in [3.05, 3.63) is 29.8 Å². The summed E-state index contributed by atoms with van der Waals surface area (Å²) in [4.78, 5) is 23.2. The standard InChI is InChI=1S/C17H25NO4/c1-4-5-9-18-16(19)12-21-17(20)11-14-7-6-8-15(10-14)22-13(2)3/h6-8,10,13H,4-5,9,11-12H2,1-3H3,(H,18,19). The molecule has 0 unspecified atom stereocenters. The summed E-state index contributed by atoms with van der Waals surface area (Å²) in [6.07, 6.45) is 2.13. The molecule has 5 nitrogen and oxygen atoms in total. The van der Waals surface area contributed by atoms with Gasteiger partial charge in [0.1, 0.15) is 5.75 Å². The maximum atomic E-state index is 11.7.